The van der Waals surface area contributed by atoms with E-state index in [1.165, 1.54) is 0 Å². The molecule has 0 atom stereocenters. The summed E-state index contributed by atoms with van der Waals surface area (Å²) in [6.07, 6.45) is 6.04. The standard InChI is InChI=1S/C7H12N2.6BF4/c1-3-4-9-6-5-8(2)7-9;6*2-1(3,4)5/h3,5-6H,1,4,7H2,2H3;;;;;;/q;6*-1. The van der Waals surface area contributed by atoms with Crippen molar-refractivity contribution < 1.29 is 104 Å². The van der Waals surface area contributed by atoms with E-state index in [0.29, 0.717) is 0 Å². The van der Waals surface area contributed by atoms with Crippen molar-refractivity contribution in [1.82, 2.24) is 9.80 Å². The van der Waals surface area contributed by atoms with Gasteiger partial charge in [0.2, 0.25) is 0 Å². The van der Waals surface area contributed by atoms with Crippen molar-refractivity contribution in [3.8, 4) is 0 Å². The number of rotatable bonds is 2. The Kier molecular flexibility index (Phi) is 27.5. The van der Waals surface area contributed by atoms with E-state index in [4.69, 9.17) is 0 Å². The van der Waals surface area contributed by atoms with Crippen LogP contribution in [-0.4, -0.2) is 73.6 Å². The van der Waals surface area contributed by atoms with Crippen molar-refractivity contribution >= 4 is 43.5 Å². The summed E-state index contributed by atoms with van der Waals surface area (Å²) >= 11 is 0. The average molecular weight is 645 g/mol. The highest BCUT2D eigenvalue weighted by atomic mass is 19.5. The Labute approximate surface area is 203 Å². The zero-order valence-corrected chi connectivity index (χ0v) is 18.3. The minimum absolute atomic E-state index is 0.945. The van der Waals surface area contributed by atoms with Gasteiger partial charge in [0.25, 0.3) is 0 Å². The SMILES string of the molecule is C=CCN1C=CN(C)C1.F[B-](F)(F)F.F[B-](F)(F)F.F[B-](F)(F)F.F[B-](F)(F)F.F[B-](F)(F)F.F[B-](F)(F)F. The number of halogens is 24. The number of hydrogen-bond donors (Lipinski definition) is 0. The highest BCUT2D eigenvalue weighted by molar-refractivity contribution is 6.51. The monoisotopic (exact) mass is 646 g/mol. The van der Waals surface area contributed by atoms with E-state index in [2.05, 4.69) is 35.8 Å². The lowest BCUT2D eigenvalue weighted by molar-refractivity contribution is 0.318. The van der Waals surface area contributed by atoms with Gasteiger partial charge in [-0.1, -0.05) is 6.08 Å². The van der Waals surface area contributed by atoms with E-state index in [9.17, 15) is 104 Å². The molecule has 0 aromatic heterocycles. The van der Waals surface area contributed by atoms with Gasteiger partial charge in [-0.15, -0.1) is 6.58 Å². The van der Waals surface area contributed by atoms with Crippen LogP contribution in [0.4, 0.5) is 104 Å². The van der Waals surface area contributed by atoms with Crippen LogP contribution in [-0.2, 0) is 0 Å². The first kappa shape index (κ1) is 49.7. The topological polar surface area (TPSA) is 6.48 Å². The second-order valence-electron chi connectivity index (χ2n) is 5.23. The smallest absolute Gasteiger partial charge is 0.418 e. The fraction of sp³-hybridized carbons (Fsp3) is 0.429. The van der Waals surface area contributed by atoms with E-state index in [1.54, 1.807) is 0 Å². The van der Waals surface area contributed by atoms with Crippen LogP contribution in [0.25, 0.3) is 0 Å². The largest absolute Gasteiger partial charge is 0.673 e. The molecule has 1 aliphatic heterocycles. The highest BCUT2D eigenvalue weighted by Crippen LogP contribution is 2.09. The molecule has 1 rings (SSSR count). The molecule has 0 aromatic carbocycles. The lowest BCUT2D eigenvalue weighted by atomic mass is 10.3. The molecule has 0 fully saturated rings. The molecule has 0 unspecified atom stereocenters. The zero-order chi connectivity index (χ0) is 33.7. The summed E-state index contributed by atoms with van der Waals surface area (Å²) in [5, 5.41) is 0. The maximum Gasteiger partial charge on any atom is 0.673 e. The van der Waals surface area contributed by atoms with E-state index >= 15 is 0 Å². The first-order chi connectivity index (χ1) is 16.3. The predicted molar refractivity (Wildman–Crippen MR) is 99.8 cm³/mol. The van der Waals surface area contributed by atoms with Crippen LogP contribution in [0.2, 0.25) is 0 Å². The summed E-state index contributed by atoms with van der Waals surface area (Å²) < 4.78 is 234. The maximum absolute atomic E-state index is 9.75. The Balaban J connectivity index is -0.0000000830. The van der Waals surface area contributed by atoms with Crippen LogP contribution in [0.15, 0.2) is 25.1 Å². The van der Waals surface area contributed by atoms with Gasteiger partial charge in [-0.05, 0) is 0 Å². The van der Waals surface area contributed by atoms with Gasteiger partial charge in [0.15, 0.2) is 0 Å². The molecule has 242 valence electrons. The molecule has 1 heterocycles. The Hall–Kier alpha value is -2.21. The van der Waals surface area contributed by atoms with Gasteiger partial charge in [0, 0.05) is 26.0 Å². The second kappa shape index (κ2) is 21.6. The lowest BCUT2D eigenvalue weighted by Crippen LogP contribution is -2.21. The summed E-state index contributed by atoms with van der Waals surface area (Å²) in [7, 11) is -33.9. The second-order valence-corrected chi connectivity index (χ2v) is 5.23. The van der Waals surface area contributed by atoms with Gasteiger partial charge in [-0.25, -0.2) is 0 Å². The third kappa shape index (κ3) is 426. The summed E-state index contributed by atoms with van der Waals surface area (Å²) in [4.78, 5) is 4.32. The molecule has 0 aromatic rings. The normalized spacial score (nSPS) is 13.2. The highest BCUT2D eigenvalue weighted by Gasteiger charge is 2.22. The van der Waals surface area contributed by atoms with E-state index in [0.717, 1.165) is 13.2 Å². The Bertz CT molecular complexity index is 460. The minimum Gasteiger partial charge on any atom is -0.418 e. The van der Waals surface area contributed by atoms with Crippen LogP contribution in [0.3, 0.4) is 0 Å². The van der Waals surface area contributed by atoms with E-state index < -0.39 is 43.5 Å². The van der Waals surface area contributed by atoms with Gasteiger partial charge in [0.05, 0.1) is 6.67 Å². The molecule has 0 spiro atoms. The molecule has 0 saturated carbocycles. The van der Waals surface area contributed by atoms with Crippen LogP contribution in [0, 0.1) is 0 Å². The van der Waals surface area contributed by atoms with Crippen LogP contribution in [0.1, 0.15) is 0 Å². The van der Waals surface area contributed by atoms with Crippen molar-refractivity contribution in [2.24, 2.45) is 0 Å². The first-order valence-corrected chi connectivity index (χ1v) is 8.30. The summed E-state index contributed by atoms with van der Waals surface area (Å²) in [6.45, 7) is 5.59. The van der Waals surface area contributed by atoms with Gasteiger partial charge in [-0.3, -0.25) is 0 Å². The molecule has 2 nitrogen and oxygen atoms in total. The average Bonchev–Trinajstić information content (AvgIpc) is 2.82. The molecule has 0 amide bonds. The Morgan fingerprint density at radius 3 is 0.769 bits per heavy atom. The molecule has 0 radical (unpaired) electrons. The molecule has 39 heavy (non-hydrogen) atoms. The third-order valence-corrected chi connectivity index (χ3v) is 1.30. The number of nitrogens with zero attached hydrogens (tertiary/aromatic N) is 2. The molecule has 0 aliphatic carbocycles. The van der Waals surface area contributed by atoms with Crippen LogP contribution in [0.5, 0.6) is 0 Å². The summed E-state index contributed by atoms with van der Waals surface area (Å²) in [5.41, 5.74) is 0. The maximum atomic E-state index is 9.75. The zero-order valence-electron chi connectivity index (χ0n) is 18.3. The Morgan fingerprint density at radius 1 is 0.487 bits per heavy atom. The molecular weight excluding hydrogens is 633 g/mol. The molecule has 32 heteroatoms. The van der Waals surface area contributed by atoms with Gasteiger partial charge in [-0.2, -0.15) is 0 Å². The van der Waals surface area contributed by atoms with Crippen LogP contribution >= 0.6 is 0 Å². The molecule has 1 aliphatic rings. The minimum atomic E-state index is -6.00. The van der Waals surface area contributed by atoms with Crippen molar-refractivity contribution in [1.29, 1.82) is 0 Å². The van der Waals surface area contributed by atoms with E-state index in [1.807, 2.05) is 6.08 Å². The molecule has 0 N–H and O–H groups in total. The van der Waals surface area contributed by atoms with Crippen molar-refractivity contribution in [3.63, 3.8) is 0 Å². The first-order valence-electron chi connectivity index (χ1n) is 8.30. The van der Waals surface area contributed by atoms with Crippen molar-refractivity contribution in [2.75, 3.05) is 20.3 Å². The van der Waals surface area contributed by atoms with Crippen LogP contribution < -0.4 is 0 Å². The van der Waals surface area contributed by atoms with Crippen molar-refractivity contribution in [2.45, 2.75) is 0 Å². The van der Waals surface area contributed by atoms with Gasteiger partial charge in [0.1, 0.15) is 0 Å². The quantitative estimate of drug-likeness (QED) is 0.169. The molecular formula is C7H12B6F24N2-6. The van der Waals surface area contributed by atoms with Crippen molar-refractivity contribution in [3.05, 3.63) is 25.1 Å². The molecule has 0 saturated heterocycles. The summed E-state index contributed by atoms with van der Waals surface area (Å²) in [6, 6.07) is 0. The predicted octanol–water partition coefficient (Wildman–Crippen LogP) is 8.65. The molecule has 0 bridgehead atoms. The fourth-order valence-corrected chi connectivity index (χ4v) is 0.873. The van der Waals surface area contributed by atoms with Gasteiger partial charge >= 0.3 is 43.5 Å². The third-order valence-electron chi connectivity index (χ3n) is 1.30. The number of hydrogen-bond acceptors (Lipinski definition) is 2. The summed E-state index contributed by atoms with van der Waals surface area (Å²) in [5.74, 6) is 0. The lowest BCUT2D eigenvalue weighted by Gasteiger charge is -2.15. The fourth-order valence-electron chi connectivity index (χ4n) is 0.873. The van der Waals surface area contributed by atoms with Gasteiger partial charge < -0.3 is 113 Å². The Morgan fingerprint density at radius 2 is 0.667 bits per heavy atom. The van der Waals surface area contributed by atoms with E-state index in [-0.39, 0.29) is 0 Å².